The van der Waals surface area contributed by atoms with Crippen LogP contribution in [0.25, 0.3) is 12.2 Å². The highest BCUT2D eigenvalue weighted by atomic mass is 16.2. The molecule has 33 heavy (non-hydrogen) atoms. The largest absolute Gasteiger partial charge is 0.373 e. The van der Waals surface area contributed by atoms with E-state index >= 15 is 0 Å². The SMILES string of the molecule is CNc1ccc(/C=C/c2ccc(NC(=O)[C@@H]3CCCN3C(=O)Cc3cccnc3)nc2)cn1. The van der Waals surface area contributed by atoms with Crippen LogP contribution in [0.2, 0.25) is 0 Å². The minimum Gasteiger partial charge on any atom is -0.373 e. The first-order valence-electron chi connectivity index (χ1n) is 10.9. The molecule has 3 aromatic heterocycles. The van der Waals surface area contributed by atoms with Crippen LogP contribution < -0.4 is 10.6 Å². The molecule has 1 aliphatic heterocycles. The number of hydrogen-bond donors (Lipinski definition) is 2. The van der Waals surface area contributed by atoms with Crippen LogP contribution in [0.1, 0.15) is 29.5 Å². The molecule has 1 aliphatic rings. The fourth-order valence-corrected chi connectivity index (χ4v) is 3.75. The second-order valence-electron chi connectivity index (χ2n) is 7.81. The zero-order valence-corrected chi connectivity index (χ0v) is 18.4. The number of rotatable bonds is 7. The molecule has 0 aromatic carbocycles. The van der Waals surface area contributed by atoms with E-state index in [1.807, 2.05) is 43.5 Å². The second-order valence-corrected chi connectivity index (χ2v) is 7.81. The van der Waals surface area contributed by atoms with Crippen molar-refractivity contribution in [3.63, 3.8) is 0 Å². The summed E-state index contributed by atoms with van der Waals surface area (Å²) in [5.41, 5.74) is 2.72. The Labute approximate surface area is 192 Å². The molecule has 4 heterocycles. The molecule has 0 saturated carbocycles. The minimum atomic E-state index is -0.483. The second kappa shape index (κ2) is 10.5. The minimum absolute atomic E-state index is 0.0636. The van der Waals surface area contributed by atoms with Crippen LogP contribution in [0.3, 0.4) is 0 Å². The maximum Gasteiger partial charge on any atom is 0.248 e. The molecule has 168 valence electrons. The predicted molar refractivity (Wildman–Crippen MR) is 128 cm³/mol. The Morgan fingerprint density at radius 3 is 2.36 bits per heavy atom. The molecule has 0 spiro atoms. The first kappa shape index (κ1) is 22.1. The molecule has 8 heteroatoms. The monoisotopic (exact) mass is 442 g/mol. The van der Waals surface area contributed by atoms with Gasteiger partial charge in [-0.2, -0.15) is 0 Å². The molecule has 3 aromatic rings. The lowest BCUT2D eigenvalue weighted by molar-refractivity contribution is -0.136. The number of nitrogens with one attached hydrogen (secondary N) is 2. The molecule has 1 fully saturated rings. The molecule has 0 bridgehead atoms. The fourth-order valence-electron chi connectivity index (χ4n) is 3.75. The number of carbonyl (C=O) groups is 2. The van der Waals surface area contributed by atoms with Gasteiger partial charge in [0.25, 0.3) is 0 Å². The Balaban J connectivity index is 1.34. The van der Waals surface area contributed by atoms with Gasteiger partial charge in [-0.05, 0) is 59.9 Å². The van der Waals surface area contributed by atoms with Crippen LogP contribution in [0, 0.1) is 0 Å². The number of amides is 2. The topological polar surface area (TPSA) is 100 Å². The normalized spacial score (nSPS) is 15.5. The maximum atomic E-state index is 12.8. The van der Waals surface area contributed by atoms with E-state index in [1.54, 1.807) is 41.8 Å². The lowest BCUT2D eigenvalue weighted by atomic mass is 10.1. The van der Waals surface area contributed by atoms with E-state index in [-0.39, 0.29) is 18.2 Å². The number of carbonyl (C=O) groups excluding carboxylic acids is 2. The Hall–Kier alpha value is -4.07. The van der Waals surface area contributed by atoms with Gasteiger partial charge in [0.2, 0.25) is 11.8 Å². The quantitative estimate of drug-likeness (QED) is 0.583. The number of likely N-dealkylation sites (tertiary alicyclic amines) is 1. The van der Waals surface area contributed by atoms with Gasteiger partial charge in [0.05, 0.1) is 6.42 Å². The Bertz CT molecular complexity index is 1110. The Morgan fingerprint density at radius 1 is 1.03 bits per heavy atom. The third-order valence-corrected chi connectivity index (χ3v) is 5.50. The summed E-state index contributed by atoms with van der Waals surface area (Å²) in [5, 5.41) is 5.83. The lowest BCUT2D eigenvalue weighted by Crippen LogP contribution is -2.43. The lowest BCUT2D eigenvalue weighted by Gasteiger charge is -2.24. The molecule has 4 rings (SSSR count). The van der Waals surface area contributed by atoms with E-state index < -0.39 is 6.04 Å². The molecule has 0 unspecified atom stereocenters. The third kappa shape index (κ3) is 5.79. The van der Waals surface area contributed by atoms with Crippen molar-refractivity contribution in [3.8, 4) is 0 Å². The van der Waals surface area contributed by atoms with Crippen molar-refractivity contribution in [1.29, 1.82) is 0 Å². The highest BCUT2D eigenvalue weighted by Gasteiger charge is 2.34. The summed E-state index contributed by atoms with van der Waals surface area (Å²) in [6, 6.07) is 10.7. The number of anilines is 2. The number of nitrogens with zero attached hydrogens (tertiary/aromatic N) is 4. The maximum absolute atomic E-state index is 12.8. The molecular formula is C25H26N6O2. The molecule has 1 atom stereocenters. The zero-order valence-electron chi connectivity index (χ0n) is 18.4. The van der Waals surface area contributed by atoms with Gasteiger partial charge in [-0.15, -0.1) is 0 Å². The summed E-state index contributed by atoms with van der Waals surface area (Å²) in [5.74, 6) is 1.00. The van der Waals surface area contributed by atoms with E-state index in [9.17, 15) is 9.59 Å². The summed E-state index contributed by atoms with van der Waals surface area (Å²) in [6.45, 7) is 0.582. The van der Waals surface area contributed by atoms with Crippen molar-refractivity contribution in [2.45, 2.75) is 25.3 Å². The van der Waals surface area contributed by atoms with Gasteiger partial charge in [0.15, 0.2) is 0 Å². The summed E-state index contributed by atoms with van der Waals surface area (Å²) >= 11 is 0. The van der Waals surface area contributed by atoms with Gasteiger partial charge >= 0.3 is 0 Å². The molecule has 2 N–H and O–H groups in total. The van der Waals surface area contributed by atoms with Crippen molar-refractivity contribution in [1.82, 2.24) is 19.9 Å². The first-order chi connectivity index (χ1) is 16.1. The summed E-state index contributed by atoms with van der Waals surface area (Å²) < 4.78 is 0. The average Bonchev–Trinajstić information content (AvgIpc) is 3.35. The van der Waals surface area contributed by atoms with Gasteiger partial charge < -0.3 is 15.5 Å². The van der Waals surface area contributed by atoms with E-state index in [0.29, 0.717) is 18.8 Å². The number of hydrogen-bond acceptors (Lipinski definition) is 6. The first-order valence-corrected chi connectivity index (χ1v) is 10.9. The third-order valence-electron chi connectivity index (χ3n) is 5.50. The van der Waals surface area contributed by atoms with Gasteiger partial charge in [-0.1, -0.05) is 18.2 Å². The number of aromatic nitrogens is 3. The smallest absolute Gasteiger partial charge is 0.248 e. The Kier molecular flexibility index (Phi) is 7.04. The highest BCUT2D eigenvalue weighted by molar-refractivity contribution is 5.97. The predicted octanol–water partition coefficient (Wildman–Crippen LogP) is 3.26. The van der Waals surface area contributed by atoms with E-state index in [2.05, 4.69) is 25.6 Å². The van der Waals surface area contributed by atoms with Gasteiger partial charge in [0.1, 0.15) is 17.7 Å². The summed E-state index contributed by atoms with van der Waals surface area (Å²) in [7, 11) is 1.83. The van der Waals surface area contributed by atoms with Crippen molar-refractivity contribution in [2.75, 3.05) is 24.2 Å². The zero-order chi connectivity index (χ0) is 23.0. The van der Waals surface area contributed by atoms with Crippen LogP contribution in [-0.2, 0) is 16.0 Å². The van der Waals surface area contributed by atoms with Gasteiger partial charge in [0, 0.05) is 38.4 Å². The summed E-state index contributed by atoms with van der Waals surface area (Å²) in [4.78, 5) is 39.9. The Morgan fingerprint density at radius 2 is 1.76 bits per heavy atom. The van der Waals surface area contributed by atoms with Gasteiger partial charge in [-0.3, -0.25) is 14.6 Å². The van der Waals surface area contributed by atoms with E-state index in [1.165, 1.54) is 0 Å². The highest BCUT2D eigenvalue weighted by Crippen LogP contribution is 2.20. The molecular weight excluding hydrogens is 416 g/mol. The van der Waals surface area contributed by atoms with Crippen LogP contribution in [0.5, 0.6) is 0 Å². The molecule has 2 amide bonds. The fraction of sp³-hybridized carbons (Fsp3) is 0.240. The molecule has 8 nitrogen and oxygen atoms in total. The molecule has 1 saturated heterocycles. The van der Waals surface area contributed by atoms with Crippen LogP contribution in [0.15, 0.2) is 61.2 Å². The van der Waals surface area contributed by atoms with Gasteiger partial charge in [-0.25, -0.2) is 9.97 Å². The summed E-state index contributed by atoms with van der Waals surface area (Å²) in [6.07, 6.45) is 12.4. The van der Waals surface area contributed by atoms with Crippen molar-refractivity contribution < 1.29 is 9.59 Å². The van der Waals surface area contributed by atoms with Crippen LogP contribution in [-0.4, -0.2) is 51.3 Å². The standard InChI is InChI=1S/C25H26N6O2/c1-26-22-10-8-18(16-28-22)6-7-19-9-11-23(29-17-19)30-25(33)21-5-3-13-31(21)24(32)14-20-4-2-12-27-15-20/h2,4,6-12,15-17,21H,3,5,13-14H2,1H3,(H,26,28)(H,29,30,33)/b7-6+/t21-/m0/s1. The van der Waals surface area contributed by atoms with Crippen molar-refractivity contribution in [3.05, 3.63) is 77.9 Å². The van der Waals surface area contributed by atoms with E-state index in [0.717, 1.165) is 28.9 Å². The number of pyridine rings is 3. The average molecular weight is 443 g/mol. The molecule has 0 radical (unpaired) electrons. The van der Waals surface area contributed by atoms with Crippen molar-refractivity contribution >= 4 is 35.6 Å². The van der Waals surface area contributed by atoms with Crippen molar-refractivity contribution in [2.24, 2.45) is 0 Å². The molecule has 0 aliphatic carbocycles. The van der Waals surface area contributed by atoms with Crippen LogP contribution in [0.4, 0.5) is 11.6 Å². The van der Waals surface area contributed by atoms with Crippen LogP contribution >= 0.6 is 0 Å². The van der Waals surface area contributed by atoms with E-state index in [4.69, 9.17) is 0 Å².